The monoisotopic (exact) mass is 892 g/mol. The van der Waals surface area contributed by atoms with E-state index in [9.17, 15) is 0 Å². The van der Waals surface area contributed by atoms with Gasteiger partial charge in [-0.2, -0.15) is 0 Å². The van der Waals surface area contributed by atoms with Crippen molar-refractivity contribution in [1.82, 2.24) is 0 Å². The molecule has 6 nitrogen and oxygen atoms in total. The Morgan fingerprint density at radius 3 is 1.03 bits per heavy atom. The van der Waals surface area contributed by atoms with Crippen LogP contribution in [0.1, 0.15) is 62.3 Å². The summed E-state index contributed by atoms with van der Waals surface area (Å²) in [5.74, 6) is 2.38. The number of halogens is 3. The van der Waals surface area contributed by atoms with Gasteiger partial charge in [0.05, 0.1) is 58.9 Å². The zero-order chi connectivity index (χ0) is 29.8. The minimum atomic E-state index is 0.410. The van der Waals surface area contributed by atoms with Crippen molar-refractivity contribution in [3.63, 3.8) is 0 Å². The molecule has 232 valence electrons. The standard InChI is InChI=1S/C30H60N3O3.HI3/c1-10-31(11-2,12-3)22-25-34-28-20-19-21-29(35-26-23-32(13-4,14-5)15-6)30(28)36-27-24-33(16-7,17-8)18-9;1-3-2/h19-21H,10-18,22-27H2,1-9H3;3H/q+3;. The normalized spacial score (nSPS) is 12.2. The van der Waals surface area contributed by atoms with Crippen LogP contribution in [0.2, 0.25) is 0 Å². The summed E-state index contributed by atoms with van der Waals surface area (Å²) in [7, 11) is 0. The van der Waals surface area contributed by atoms with Gasteiger partial charge >= 0.3 is 50.5 Å². The first-order valence-corrected chi connectivity index (χ1v) is 28.8. The van der Waals surface area contributed by atoms with Crippen molar-refractivity contribution < 1.29 is 27.7 Å². The Labute approximate surface area is 271 Å². The van der Waals surface area contributed by atoms with E-state index in [-0.39, 0.29) is 0 Å². The first kappa shape index (κ1) is 39.7. The SMILES string of the molecule is CC[N+](CC)(CC)CCOc1cccc(OCC[N+](CC)(CC)CC)c1OCC[N+](CC)(CC)CC.I[IH]I. The van der Waals surface area contributed by atoms with Crippen LogP contribution in [-0.2, 0) is 0 Å². The quantitative estimate of drug-likeness (QED) is 0.0931. The van der Waals surface area contributed by atoms with Crippen LogP contribution in [0.4, 0.5) is 0 Å². The van der Waals surface area contributed by atoms with E-state index in [0.29, 0.717) is 33.1 Å². The molecule has 0 bridgehead atoms. The summed E-state index contributed by atoms with van der Waals surface area (Å²) in [6, 6.07) is 6.10. The summed E-state index contributed by atoms with van der Waals surface area (Å²) >= 11 is 5.22. The van der Waals surface area contributed by atoms with Crippen LogP contribution >= 0.6 is 50.5 Å². The van der Waals surface area contributed by atoms with Gasteiger partial charge in [-0.15, -0.1) is 0 Å². The van der Waals surface area contributed by atoms with E-state index in [2.05, 4.69) is 99.5 Å². The van der Waals surface area contributed by atoms with Crippen molar-refractivity contribution in [3.8, 4) is 17.2 Å². The first-order chi connectivity index (χ1) is 18.7. The van der Waals surface area contributed by atoms with Crippen LogP contribution in [0.15, 0.2) is 18.2 Å². The number of quaternary nitrogens is 3. The molecule has 0 N–H and O–H groups in total. The van der Waals surface area contributed by atoms with Gasteiger partial charge in [-0.25, -0.2) is 0 Å². The Hall–Kier alpha value is 0.690. The zero-order valence-electron chi connectivity index (χ0n) is 26.6. The Bertz CT molecular complexity index is 674. The molecule has 0 aromatic heterocycles. The first-order valence-electron chi connectivity index (χ1n) is 15.2. The molecule has 0 fully saturated rings. The number of hydrogen-bond acceptors (Lipinski definition) is 3. The number of rotatable bonds is 21. The fourth-order valence-corrected chi connectivity index (χ4v) is 5.34. The number of para-hydroxylation sites is 1. The average Bonchev–Trinajstić information content (AvgIpc) is 2.98. The van der Waals surface area contributed by atoms with E-state index in [4.69, 9.17) is 14.2 Å². The third-order valence-electron chi connectivity index (χ3n) is 9.44. The predicted molar refractivity (Wildman–Crippen MR) is 197 cm³/mol. The van der Waals surface area contributed by atoms with E-state index >= 15 is 0 Å². The molecule has 0 saturated carbocycles. The van der Waals surface area contributed by atoms with Gasteiger partial charge in [-0.1, -0.05) is 6.07 Å². The zero-order valence-corrected chi connectivity index (χ0v) is 33.2. The average molecular weight is 893 g/mol. The van der Waals surface area contributed by atoms with Crippen molar-refractivity contribution in [2.75, 3.05) is 98.4 Å². The molecular weight excluding hydrogens is 831 g/mol. The molecule has 0 unspecified atom stereocenters. The topological polar surface area (TPSA) is 27.7 Å². The van der Waals surface area contributed by atoms with E-state index in [0.717, 1.165) is 109 Å². The van der Waals surface area contributed by atoms with Crippen molar-refractivity contribution in [1.29, 1.82) is 0 Å². The summed E-state index contributed by atoms with van der Waals surface area (Å²) in [6.07, 6.45) is 0. The van der Waals surface area contributed by atoms with Gasteiger partial charge in [-0.05, 0) is 74.4 Å². The van der Waals surface area contributed by atoms with Gasteiger partial charge < -0.3 is 27.7 Å². The Balaban J connectivity index is 0.00000458. The van der Waals surface area contributed by atoms with Gasteiger partial charge in [0.25, 0.3) is 0 Å². The van der Waals surface area contributed by atoms with Gasteiger partial charge in [0.1, 0.15) is 39.5 Å². The molecule has 0 heterocycles. The molecule has 0 spiro atoms. The molecule has 1 aromatic rings. The molecule has 1 rings (SSSR count). The fraction of sp³-hybridized carbons (Fsp3) is 0.800. The molecular formula is C30H61I3N3O3+3. The molecule has 0 saturated heterocycles. The van der Waals surface area contributed by atoms with Gasteiger partial charge in [0.15, 0.2) is 11.5 Å². The molecule has 0 atom stereocenters. The molecule has 0 aliphatic rings. The third-order valence-corrected chi connectivity index (χ3v) is 9.44. The summed E-state index contributed by atoms with van der Waals surface area (Å²) < 4.78 is 22.4. The summed E-state index contributed by atoms with van der Waals surface area (Å²) in [4.78, 5) is 0. The predicted octanol–water partition coefficient (Wildman–Crippen LogP) is 7.84. The van der Waals surface area contributed by atoms with Gasteiger partial charge in [-0.3, -0.25) is 0 Å². The molecule has 9 heteroatoms. The summed E-state index contributed by atoms with van der Waals surface area (Å²) in [5.41, 5.74) is 0. The molecule has 39 heavy (non-hydrogen) atoms. The van der Waals surface area contributed by atoms with E-state index in [1.54, 1.807) is 0 Å². The van der Waals surface area contributed by atoms with Crippen molar-refractivity contribution in [3.05, 3.63) is 18.2 Å². The summed E-state index contributed by atoms with van der Waals surface area (Å²) in [5, 5.41) is 0. The van der Waals surface area contributed by atoms with Crippen LogP contribution in [0.5, 0.6) is 17.2 Å². The third kappa shape index (κ3) is 13.3. The number of benzene rings is 1. The molecule has 1 aromatic carbocycles. The van der Waals surface area contributed by atoms with Gasteiger partial charge in [0, 0.05) is 0 Å². The fourth-order valence-electron chi connectivity index (χ4n) is 5.34. The van der Waals surface area contributed by atoms with Crippen molar-refractivity contribution in [2.45, 2.75) is 62.3 Å². The number of nitrogens with zero attached hydrogens (tertiary/aromatic N) is 3. The van der Waals surface area contributed by atoms with Crippen LogP contribution in [0, 0.1) is 0 Å². The molecule has 0 aliphatic carbocycles. The summed E-state index contributed by atoms with van der Waals surface area (Å²) in [6.45, 7) is 35.6. The second-order valence-electron chi connectivity index (χ2n) is 10.2. The Kier molecular flexibility index (Phi) is 22.7. The van der Waals surface area contributed by atoms with E-state index in [1.165, 1.54) is 0 Å². The van der Waals surface area contributed by atoms with E-state index in [1.807, 2.05) is 18.2 Å². The maximum absolute atomic E-state index is 6.48. The van der Waals surface area contributed by atoms with Crippen LogP contribution in [0.25, 0.3) is 0 Å². The maximum atomic E-state index is 6.48. The van der Waals surface area contributed by atoms with Crippen molar-refractivity contribution >= 4 is 50.5 Å². The Morgan fingerprint density at radius 2 is 0.769 bits per heavy atom. The van der Waals surface area contributed by atoms with Crippen LogP contribution in [0.3, 0.4) is 0 Å². The molecule has 0 aliphatic heterocycles. The van der Waals surface area contributed by atoms with Crippen molar-refractivity contribution in [2.24, 2.45) is 0 Å². The minimum absolute atomic E-state index is 0.410. The Morgan fingerprint density at radius 1 is 0.513 bits per heavy atom. The van der Waals surface area contributed by atoms with Crippen LogP contribution in [-0.4, -0.2) is 112 Å². The van der Waals surface area contributed by atoms with Gasteiger partial charge in [0.2, 0.25) is 5.75 Å². The van der Waals surface area contributed by atoms with Crippen LogP contribution < -0.4 is 14.2 Å². The molecule has 0 radical (unpaired) electrons. The second kappa shape index (κ2) is 22.3. The number of hydrogen-bond donors (Lipinski definition) is 0. The molecule has 0 amide bonds. The second-order valence-corrected chi connectivity index (χ2v) is 27.8. The number of ether oxygens (including phenoxy) is 3. The van der Waals surface area contributed by atoms with E-state index < -0.39 is 0 Å². The number of likely N-dealkylation sites (N-methyl/N-ethyl adjacent to an activating group) is 3.